The number of pyridine rings is 1. The molecule has 0 aliphatic heterocycles. The molecule has 1 N–H and O–H groups in total. The number of fused-ring (bicyclic) bond motifs is 3. The molecular weight excluding hydrogens is 370 g/mol. The van der Waals surface area contributed by atoms with Crippen LogP contribution in [0.1, 0.15) is 5.56 Å². The first-order chi connectivity index (χ1) is 13.0. The number of aromatic nitrogens is 3. The number of benzene rings is 2. The van der Waals surface area contributed by atoms with Gasteiger partial charge in [-0.2, -0.15) is 0 Å². The summed E-state index contributed by atoms with van der Waals surface area (Å²) in [6.07, 6.45) is 0. The Bertz CT molecular complexity index is 1180. The number of halogens is 2. The van der Waals surface area contributed by atoms with E-state index in [1.165, 1.54) is 17.8 Å². The van der Waals surface area contributed by atoms with Crippen LogP contribution < -0.4 is 5.32 Å². The Kier molecular flexibility index (Phi) is 4.49. The predicted molar refractivity (Wildman–Crippen MR) is 101 cm³/mol. The van der Waals surface area contributed by atoms with Crippen molar-refractivity contribution < 1.29 is 13.6 Å². The van der Waals surface area contributed by atoms with E-state index >= 15 is 0 Å². The van der Waals surface area contributed by atoms with Crippen LogP contribution in [0.4, 0.5) is 14.5 Å². The summed E-state index contributed by atoms with van der Waals surface area (Å²) >= 11 is 1.19. The molecule has 2 heterocycles. The van der Waals surface area contributed by atoms with Crippen LogP contribution in [0.15, 0.2) is 53.7 Å². The van der Waals surface area contributed by atoms with E-state index in [1.807, 2.05) is 41.7 Å². The molecule has 0 aliphatic carbocycles. The molecule has 1 amide bonds. The van der Waals surface area contributed by atoms with Crippen molar-refractivity contribution in [3.63, 3.8) is 0 Å². The highest BCUT2D eigenvalue weighted by atomic mass is 32.2. The van der Waals surface area contributed by atoms with Crippen molar-refractivity contribution in [3.05, 3.63) is 65.7 Å². The average molecular weight is 384 g/mol. The molecule has 0 bridgehead atoms. The topological polar surface area (TPSA) is 59.3 Å². The maximum atomic E-state index is 13.7. The van der Waals surface area contributed by atoms with Gasteiger partial charge in [-0.25, -0.2) is 8.78 Å². The minimum absolute atomic E-state index is 0.0137. The molecule has 2 aromatic carbocycles. The van der Waals surface area contributed by atoms with E-state index in [2.05, 4.69) is 15.5 Å². The Hall–Kier alpha value is -3.00. The summed E-state index contributed by atoms with van der Waals surface area (Å²) in [6.45, 7) is 2.01. The van der Waals surface area contributed by atoms with Crippen molar-refractivity contribution in [2.24, 2.45) is 0 Å². The molecule has 0 spiro atoms. The maximum Gasteiger partial charge on any atom is 0.234 e. The molecule has 136 valence electrons. The standard InChI is InChI=1S/C19H14F2N4OS/c1-11-8-17-23-24-19(25(17)16-5-3-2-4-13(11)16)27-10-18(26)22-15-7-6-12(20)9-14(15)21/h2-9H,10H2,1H3,(H,22,26). The summed E-state index contributed by atoms with van der Waals surface area (Å²) in [4.78, 5) is 12.1. The van der Waals surface area contributed by atoms with Crippen LogP contribution >= 0.6 is 11.8 Å². The number of hydrogen-bond donors (Lipinski definition) is 1. The van der Waals surface area contributed by atoms with Crippen molar-refractivity contribution in [1.29, 1.82) is 0 Å². The van der Waals surface area contributed by atoms with E-state index in [4.69, 9.17) is 0 Å². The molecule has 0 saturated heterocycles. The zero-order valence-corrected chi connectivity index (χ0v) is 15.1. The molecule has 0 fully saturated rings. The van der Waals surface area contributed by atoms with Gasteiger partial charge in [0.05, 0.1) is 17.0 Å². The van der Waals surface area contributed by atoms with Crippen molar-refractivity contribution >= 4 is 39.9 Å². The second kappa shape index (κ2) is 6.96. The number of rotatable bonds is 4. The monoisotopic (exact) mass is 384 g/mol. The third-order valence-electron chi connectivity index (χ3n) is 4.11. The van der Waals surface area contributed by atoms with Gasteiger partial charge in [0.25, 0.3) is 0 Å². The summed E-state index contributed by atoms with van der Waals surface area (Å²) in [5.74, 6) is -1.92. The van der Waals surface area contributed by atoms with Crippen molar-refractivity contribution in [3.8, 4) is 0 Å². The summed E-state index contributed by atoms with van der Waals surface area (Å²) in [7, 11) is 0. The Morgan fingerprint density at radius 3 is 2.78 bits per heavy atom. The second-order valence-corrected chi connectivity index (χ2v) is 6.92. The van der Waals surface area contributed by atoms with Gasteiger partial charge >= 0.3 is 0 Å². The van der Waals surface area contributed by atoms with Gasteiger partial charge in [-0.3, -0.25) is 9.20 Å². The number of nitrogens with zero attached hydrogens (tertiary/aromatic N) is 3. The normalized spacial score (nSPS) is 11.2. The fraction of sp³-hybridized carbons (Fsp3) is 0.105. The average Bonchev–Trinajstić information content (AvgIpc) is 3.05. The predicted octanol–water partition coefficient (Wildman–Crippen LogP) is 4.20. The third-order valence-corrected chi connectivity index (χ3v) is 5.04. The van der Waals surface area contributed by atoms with Gasteiger partial charge in [0.15, 0.2) is 10.8 Å². The fourth-order valence-electron chi connectivity index (χ4n) is 2.88. The lowest BCUT2D eigenvalue weighted by molar-refractivity contribution is -0.113. The van der Waals surface area contributed by atoms with Gasteiger partial charge in [-0.15, -0.1) is 10.2 Å². The minimum Gasteiger partial charge on any atom is -0.323 e. The molecule has 8 heteroatoms. The maximum absolute atomic E-state index is 13.7. The summed E-state index contributed by atoms with van der Waals surface area (Å²) in [5, 5.41) is 12.4. The van der Waals surface area contributed by atoms with Crippen LogP contribution in [0, 0.1) is 18.6 Å². The van der Waals surface area contributed by atoms with Gasteiger partial charge in [-0.05, 0) is 36.8 Å². The first-order valence-electron chi connectivity index (χ1n) is 8.14. The van der Waals surface area contributed by atoms with Gasteiger partial charge in [0.1, 0.15) is 11.6 Å². The van der Waals surface area contributed by atoms with Gasteiger partial charge in [0.2, 0.25) is 5.91 Å². The summed E-state index contributed by atoms with van der Waals surface area (Å²) in [6, 6.07) is 12.8. The first kappa shape index (κ1) is 17.4. The number of carbonyl (C=O) groups is 1. The van der Waals surface area contributed by atoms with Crippen LogP contribution in [0.25, 0.3) is 16.6 Å². The van der Waals surface area contributed by atoms with E-state index in [-0.39, 0.29) is 11.4 Å². The number of amides is 1. The number of thioether (sulfide) groups is 1. The smallest absolute Gasteiger partial charge is 0.234 e. The van der Waals surface area contributed by atoms with Crippen molar-refractivity contribution in [1.82, 2.24) is 14.6 Å². The Morgan fingerprint density at radius 2 is 1.96 bits per heavy atom. The molecule has 4 aromatic rings. The Morgan fingerprint density at radius 1 is 1.15 bits per heavy atom. The molecule has 27 heavy (non-hydrogen) atoms. The van der Waals surface area contributed by atoms with Gasteiger partial charge in [-0.1, -0.05) is 30.0 Å². The molecule has 0 unspecified atom stereocenters. The zero-order chi connectivity index (χ0) is 19.0. The molecule has 5 nitrogen and oxygen atoms in total. The van der Waals surface area contributed by atoms with Gasteiger partial charge in [0, 0.05) is 11.5 Å². The SMILES string of the molecule is Cc1cc2nnc(SCC(=O)Nc3ccc(F)cc3F)n2c2ccccc12. The van der Waals surface area contributed by atoms with Gasteiger partial charge < -0.3 is 5.32 Å². The number of hydrogen-bond acceptors (Lipinski definition) is 4. The molecule has 4 rings (SSSR count). The number of nitrogens with one attached hydrogen (secondary N) is 1. The van der Waals surface area contributed by atoms with Crippen LogP contribution in [-0.4, -0.2) is 26.3 Å². The third kappa shape index (κ3) is 3.35. The zero-order valence-electron chi connectivity index (χ0n) is 14.2. The molecule has 0 radical (unpaired) electrons. The lowest BCUT2D eigenvalue weighted by Gasteiger charge is -2.08. The number of carbonyl (C=O) groups excluding carboxylic acids is 1. The highest BCUT2D eigenvalue weighted by Crippen LogP contribution is 2.26. The van der Waals surface area contributed by atoms with Crippen molar-refractivity contribution in [2.75, 3.05) is 11.1 Å². The largest absolute Gasteiger partial charge is 0.323 e. The lowest BCUT2D eigenvalue weighted by Crippen LogP contribution is -2.15. The fourth-order valence-corrected chi connectivity index (χ4v) is 3.63. The molecular formula is C19H14F2N4OS. The van der Waals surface area contributed by atoms with Crippen LogP contribution in [-0.2, 0) is 4.79 Å². The van der Waals surface area contributed by atoms with Crippen LogP contribution in [0.3, 0.4) is 0 Å². The molecule has 2 aromatic heterocycles. The molecule has 0 aliphatic rings. The number of anilines is 1. The second-order valence-electron chi connectivity index (χ2n) is 5.98. The van der Waals surface area contributed by atoms with E-state index in [9.17, 15) is 13.6 Å². The minimum atomic E-state index is -0.817. The van der Waals surface area contributed by atoms with Crippen LogP contribution in [0.2, 0.25) is 0 Å². The van der Waals surface area contributed by atoms with E-state index in [0.717, 1.165) is 28.6 Å². The molecule has 0 atom stereocenters. The van der Waals surface area contributed by atoms with E-state index in [1.54, 1.807) is 0 Å². The van der Waals surface area contributed by atoms with Crippen LogP contribution in [0.5, 0.6) is 0 Å². The Labute approximate surface area is 157 Å². The summed E-state index contributed by atoms with van der Waals surface area (Å²) < 4.78 is 28.5. The first-order valence-corrected chi connectivity index (χ1v) is 9.12. The number of para-hydroxylation sites is 1. The number of aryl methyl sites for hydroxylation is 1. The summed E-state index contributed by atoms with van der Waals surface area (Å²) in [5.41, 5.74) is 2.67. The quantitative estimate of drug-likeness (QED) is 0.536. The highest BCUT2D eigenvalue weighted by Gasteiger charge is 2.14. The van der Waals surface area contributed by atoms with E-state index in [0.29, 0.717) is 10.8 Å². The molecule has 0 saturated carbocycles. The van der Waals surface area contributed by atoms with Crippen molar-refractivity contribution in [2.45, 2.75) is 12.1 Å². The lowest BCUT2D eigenvalue weighted by atomic mass is 10.1. The van der Waals surface area contributed by atoms with E-state index < -0.39 is 17.5 Å². The Balaban J connectivity index is 1.57. The highest BCUT2D eigenvalue weighted by molar-refractivity contribution is 7.99.